The molecule has 0 saturated heterocycles. The lowest BCUT2D eigenvalue weighted by molar-refractivity contribution is -0.123. The van der Waals surface area contributed by atoms with Crippen LogP contribution in [0.5, 0.6) is 23.0 Å². The maximum Gasteiger partial charge on any atom is 0.257 e. The normalized spacial score (nSPS) is 11.2. The highest BCUT2D eigenvalue weighted by atomic mass is 16.5. The summed E-state index contributed by atoms with van der Waals surface area (Å²) in [4.78, 5) is 45.7. The molecule has 0 radical (unpaired) electrons. The number of fused-ring (bicyclic) bond motifs is 2. The minimum Gasteiger partial charge on any atom is -0.489 e. The van der Waals surface area contributed by atoms with Crippen LogP contribution in [0.3, 0.4) is 0 Å². The minimum absolute atomic E-state index is 0.126. The molecule has 0 unspecified atom stereocenters. The summed E-state index contributed by atoms with van der Waals surface area (Å²) >= 11 is 0. The molecule has 3 aromatic rings. The van der Waals surface area contributed by atoms with E-state index in [9.17, 15) is 14.4 Å². The summed E-state index contributed by atoms with van der Waals surface area (Å²) < 4.78 is 30.7. The number of allylic oxidation sites excluding steroid dienone is 2. The molecule has 2 aromatic carbocycles. The van der Waals surface area contributed by atoms with Crippen LogP contribution in [-0.2, 0) is 9.59 Å². The van der Waals surface area contributed by atoms with E-state index < -0.39 is 5.43 Å². The number of hydrogen-bond donors (Lipinski definition) is 2. The average Bonchev–Trinajstić information content (AvgIpc) is 3.23. The molecule has 0 atom stereocenters. The predicted octanol–water partition coefficient (Wildman–Crippen LogP) is 9.21. The first-order chi connectivity index (χ1) is 29.5. The van der Waals surface area contributed by atoms with Gasteiger partial charge in [-0.25, -0.2) is 0 Å². The zero-order valence-corrected chi connectivity index (χ0v) is 38.7. The third-order valence-corrected chi connectivity index (χ3v) is 10.2. The molecule has 3 rings (SSSR count). The quantitative estimate of drug-likeness (QED) is 0.0356. The van der Waals surface area contributed by atoms with Gasteiger partial charge in [-0.2, -0.15) is 0 Å². The monoisotopic (exact) mass is 849 g/mol. The van der Waals surface area contributed by atoms with Gasteiger partial charge in [-0.1, -0.05) is 64.5 Å². The van der Waals surface area contributed by atoms with Crippen molar-refractivity contribution in [3.05, 3.63) is 57.8 Å². The van der Waals surface area contributed by atoms with Gasteiger partial charge in [0.1, 0.15) is 58.2 Å². The molecule has 1 aromatic heterocycles. The van der Waals surface area contributed by atoms with Gasteiger partial charge < -0.3 is 43.8 Å². The van der Waals surface area contributed by atoms with E-state index in [1.165, 1.54) is 0 Å². The largest absolute Gasteiger partial charge is 0.489 e. The van der Waals surface area contributed by atoms with E-state index in [0.717, 1.165) is 115 Å². The van der Waals surface area contributed by atoms with Crippen LogP contribution in [0, 0.1) is 0 Å². The van der Waals surface area contributed by atoms with Crippen molar-refractivity contribution >= 4 is 33.8 Å². The molecule has 2 N–H and O–H groups in total. The van der Waals surface area contributed by atoms with Gasteiger partial charge in [-0.05, 0) is 118 Å². The van der Waals surface area contributed by atoms with Crippen LogP contribution in [0.15, 0.2) is 56.8 Å². The first kappa shape index (κ1) is 50.8. The SMILES string of the molecule is CCCCN(CCCC)CCCNC(=O)COc1cc(OCC=C(C)C)cc2oc3cc(OCC=C(C)C)cc(OCC(=O)NCCCN(CCCC)CCCC)c3c(=O)c12. The van der Waals surface area contributed by atoms with Crippen molar-refractivity contribution in [2.75, 3.05) is 78.8 Å². The van der Waals surface area contributed by atoms with E-state index in [1.54, 1.807) is 24.3 Å². The van der Waals surface area contributed by atoms with Gasteiger partial charge in [0, 0.05) is 37.4 Å². The summed E-state index contributed by atoms with van der Waals surface area (Å²) in [7, 11) is 0. The van der Waals surface area contributed by atoms with Gasteiger partial charge >= 0.3 is 0 Å². The Hall–Kier alpha value is -4.55. The van der Waals surface area contributed by atoms with Crippen LogP contribution in [0.25, 0.3) is 21.9 Å². The summed E-state index contributed by atoms with van der Waals surface area (Å²) in [6.07, 6.45) is 14.7. The summed E-state index contributed by atoms with van der Waals surface area (Å²) in [5.41, 5.74) is 2.15. The topological polar surface area (TPSA) is 132 Å². The Balaban J connectivity index is 1.89. The van der Waals surface area contributed by atoms with Gasteiger partial charge in [-0.15, -0.1) is 0 Å². The average molecular weight is 849 g/mol. The molecular weight excluding hydrogens is 773 g/mol. The van der Waals surface area contributed by atoms with Crippen molar-refractivity contribution in [2.45, 2.75) is 120 Å². The first-order valence-electron chi connectivity index (χ1n) is 22.8. The molecule has 0 bridgehead atoms. The number of carbonyl (C=O) groups is 2. The lowest BCUT2D eigenvalue weighted by Crippen LogP contribution is -2.33. The second-order valence-electron chi connectivity index (χ2n) is 16.3. The molecule has 0 spiro atoms. The molecule has 0 aliphatic carbocycles. The molecule has 12 heteroatoms. The lowest BCUT2D eigenvalue weighted by Gasteiger charge is -2.22. The summed E-state index contributed by atoms with van der Waals surface area (Å²) in [6.45, 7) is 23.8. The highest BCUT2D eigenvalue weighted by Gasteiger charge is 2.21. The van der Waals surface area contributed by atoms with E-state index >= 15 is 0 Å². The Morgan fingerprint density at radius 2 is 0.918 bits per heavy atom. The van der Waals surface area contributed by atoms with Crippen LogP contribution in [0.4, 0.5) is 0 Å². The Kier molecular flexibility index (Phi) is 24.1. The van der Waals surface area contributed by atoms with E-state index in [0.29, 0.717) is 24.6 Å². The van der Waals surface area contributed by atoms with Crippen molar-refractivity contribution in [3.63, 3.8) is 0 Å². The van der Waals surface area contributed by atoms with Crippen LogP contribution in [0.2, 0.25) is 0 Å². The Bertz CT molecular complexity index is 1750. The fourth-order valence-electron chi connectivity index (χ4n) is 6.63. The minimum atomic E-state index is -0.438. The third kappa shape index (κ3) is 18.9. The van der Waals surface area contributed by atoms with E-state index in [1.807, 2.05) is 39.8 Å². The molecule has 0 aliphatic rings. The van der Waals surface area contributed by atoms with E-state index in [4.69, 9.17) is 23.4 Å². The second-order valence-corrected chi connectivity index (χ2v) is 16.3. The fraction of sp³-hybridized carbons (Fsp3) is 0.612. The highest BCUT2D eigenvalue weighted by Crippen LogP contribution is 2.36. The van der Waals surface area contributed by atoms with Crippen LogP contribution in [-0.4, -0.2) is 100 Å². The van der Waals surface area contributed by atoms with Gasteiger partial charge in [-0.3, -0.25) is 14.4 Å². The van der Waals surface area contributed by atoms with Crippen LogP contribution >= 0.6 is 0 Å². The van der Waals surface area contributed by atoms with Crippen molar-refractivity contribution in [2.24, 2.45) is 0 Å². The molecule has 0 saturated carbocycles. The van der Waals surface area contributed by atoms with Crippen LogP contribution < -0.4 is 35.0 Å². The molecule has 61 heavy (non-hydrogen) atoms. The Labute approximate surface area is 365 Å². The summed E-state index contributed by atoms with van der Waals surface area (Å²) in [5.74, 6) is 0.493. The number of amides is 2. The van der Waals surface area contributed by atoms with Crippen molar-refractivity contribution in [1.29, 1.82) is 0 Å². The van der Waals surface area contributed by atoms with E-state index in [2.05, 4.69) is 48.1 Å². The number of ether oxygens (including phenoxy) is 4. The molecule has 1 heterocycles. The lowest BCUT2D eigenvalue weighted by atomic mass is 10.1. The Morgan fingerprint density at radius 1 is 0.557 bits per heavy atom. The number of nitrogens with one attached hydrogen (secondary N) is 2. The maximum absolute atomic E-state index is 14.6. The molecule has 340 valence electrons. The third-order valence-electron chi connectivity index (χ3n) is 10.2. The number of rotatable bonds is 32. The smallest absolute Gasteiger partial charge is 0.257 e. The standard InChI is InChI=1S/C49H76N4O8/c1-9-13-23-52(24-14-10-2)27-17-21-50-45(54)35-59-41-31-39(57-29-19-37(5)6)33-43-47(41)49(56)48-42(32-40(34-44(48)61-43)58-30-20-38(7)8)60-36-46(55)51-22-18-28-53(25-15-11-3)26-16-12-4/h19-20,31-34H,9-18,21-30,35-36H2,1-8H3,(H,50,54)(H,51,55). The summed E-state index contributed by atoms with van der Waals surface area (Å²) in [5, 5.41) is 6.19. The highest BCUT2D eigenvalue weighted by molar-refractivity contribution is 5.97. The van der Waals surface area contributed by atoms with Crippen molar-refractivity contribution in [3.8, 4) is 23.0 Å². The van der Waals surface area contributed by atoms with Gasteiger partial charge in [0.15, 0.2) is 13.2 Å². The number of benzene rings is 2. The number of unbranched alkanes of at least 4 members (excludes halogenated alkanes) is 4. The van der Waals surface area contributed by atoms with Gasteiger partial charge in [0.25, 0.3) is 11.8 Å². The second kappa shape index (κ2) is 28.9. The first-order valence-corrected chi connectivity index (χ1v) is 22.8. The van der Waals surface area contributed by atoms with Crippen LogP contribution in [0.1, 0.15) is 120 Å². The number of carbonyl (C=O) groups excluding carboxylic acids is 2. The van der Waals surface area contributed by atoms with Gasteiger partial charge in [0.2, 0.25) is 5.43 Å². The molecular formula is C49H76N4O8. The number of nitrogens with zero attached hydrogens (tertiary/aromatic N) is 2. The molecule has 2 amide bonds. The molecule has 0 fully saturated rings. The zero-order chi connectivity index (χ0) is 44.4. The number of hydrogen-bond acceptors (Lipinski definition) is 10. The summed E-state index contributed by atoms with van der Waals surface area (Å²) in [6, 6.07) is 6.49. The molecule has 0 aliphatic heterocycles. The zero-order valence-electron chi connectivity index (χ0n) is 38.7. The van der Waals surface area contributed by atoms with E-state index in [-0.39, 0.29) is 71.7 Å². The fourth-order valence-corrected chi connectivity index (χ4v) is 6.63. The molecule has 12 nitrogen and oxygen atoms in total. The predicted molar refractivity (Wildman–Crippen MR) is 249 cm³/mol. The van der Waals surface area contributed by atoms with Crippen molar-refractivity contribution in [1.82, 2.24) is 20.4 Å². The maximum atomic E-state index is 14.6. The van der Waals surface area contributed by atoms with Gasteiger partial charge in [0.05, 0.1) is 0 Å². The Morgan fingerprint density at radius 3 is 1.26 bits per heavy atom. The van der Waals surface area contributed by atoms with Crippen molar-refractivity contribution < 1.29 is 33.0 Å².